The van der Waals surface area contributed by atoms with Gasteiger partial charge in [-0.05, 0) is 24.6 Å². The topological polar surface area (TPSA) is 26.0 Å². The molecule has 0 aliphatic carbocycles. The van der Waals surface area contributed by atoms with Crippen LogP contribution >= 0.6 is 12.4 Å². The fourth-order valence-electron chi connectivity index (χ4n) is 0.883. The van der Waals surface area contributed by atoms with Crippen LogP contribution in [0, 0.1) is 12.3 Å². The fourth-order valence-corrected chi connectivity index (χ4v) is 0.883. The predicted molar refractivity (Wildman–Crippen MR) is 54.2 cm³/mol. The van der Waals surface area contributed by atoms with Crippen molar-refractivity contribution in [2.24, 2.45) is 5.73 Å². The van der Waals surface area contributed by atoms with Crippen LogP contribution in [0.1, 0.15) is 24.1 Å². The minimum absolute atomic E-state index is 0. The van der Waals surface area contributed by atoms with E-state index in [1.807, 2.05) is 31.2 Å². The molecule has 0 spiro atoms. The zero-order valence-electron chi connectivity index (χ0n) is 6.95. The lowest BCUT2D eigenvalue weighted by molar-refractivity contribution is 0.818. The Hall–Kier alpha value is -0.970. The van der Waals surface area contributed by atoms with Gasteiger partial charge in [0.15, 0.2) is 0 Å². The first kappa shape index (κ1) is 11.0. The summed E-state index contributed by atoms with van der Waals surface area (Å²) in [5.74, 6) is 2.55. The van der Waals surface area contributed by atoms with Crippen molar-refractivity contribution >= 4 is 12.4 Å². The van der Waals surface area contributed by atoms with Crippen LogP contribution in [0.3, 0.4) is 0 Å². The van der Waals surface area contributed by atoms with Gasteiger partial charge in [0.25, 0.3) is 0 Å². The Morgan fingerprint density at radius 2 is 1.83 bits per heavy atom. The number of benzene rings is 1. The predicted octanol–water partition coefficient (Wildman–Crippen LogP) is 2.11. The maximum atomic E-state index is 5.65. The van der Waals surface area contributed by atoms with Crippen LogP contribution in [0.5, 0.6) is 0 Å². The van der Waals surface area contributed by atoms with Gasteiger partial charge in [-0.25, -0.2) is 0 Å². The largest absolute Gasteiger partial charge is 0.324 e. The van der Waals surface area contributed by atoms with E-state index in [9.17, 15) is 0 Å². The minimum atomic E-state index is 0. The molecule has 0 unspecified atom stereocenters. The van der Waals surface area contributed by atoms with Gasteiger partial charge in [-0.15, -0.1) is 18.8 Å². The molecule has 2 heteroatoms. The number of rotatable bonds is 1. The summed E-state index contributed by atoms with van der Waals surface area (Å²) in [7, 11) is 0. The molecule has 64 valence electrons. The molecule has 0 aliphatic rings. The first-order valence-corrected chi connectivity index (χ1v) is 3.56. The van der Waals surface area contributed by atoms with Gasteiger partial charge in [-0.1, -0.05) is 18.1 Å². The highest BCUT2D eigenvalue weighted by atomic mass is 35.5. The number of hydrogen-bond donors (Lipinski definition) is 1. The summed E-state index contributed by atoms with van der Waals surface area (Å²) < 4.78 is 0. The molecule has 1 aromatic rings. The molecule has 0 saturated heterocycles. The molecule has 12 heavy (non-hydrogen) atoms. The van der Waals surface area contributed by atoms with E-state index < -0.39 is 0 Å². The number of nitrogens with two attached hydrogens (primary N) is 1. The lowest BCUT2D eigenvalue weighted by Crippen LogP contribution is -2.04. The molecular formula is C10H12ClN. The molecule has 0 amide bonds. The summed E-state index contributed by atoms with van der Waals surface area (Å²) in [5, 5.41) is 0. The molecule has 0 aliphatic heterocycles. The van der Waals surface area contributed by atoms with Crippen molar-refractivity contribution in [3.05, 3.63) is 35.4 Å². The third-order valence-corrected chi connectivity index (χ3v) is 1.60. The number of terminal acetylenes is 1. The summed E-state index contributed by atoms with van der Waals surface area (Å²) >= 11 is 0. The van der Waals surface area contributed by atoms with Crippen molar-refractivity contribution in [1.82, 2.24) is 0 Å². The minimum Gasteiger partial charge on any atom is -0.324 e. The van der Waals surface area contributed by atoms with Crippen molar-refractivity contribution in [2.75, 3.05) is 0 Å². The monoisotopic (exact) mass is 181 g/mol. The average molecular weight is 182 g/mol. The van der Waals surface area contributed by atoms with Gasteiger partial charge in [-0.3, -0.25) is 0 Å². The second-order valence-electron chi connectivity index (χ2n) is 2.56. The molecule has 0 bridgehead atoms. The van der Waals surface area contributed by atoms with E-state index in [0.717, 1.165) is 11.1 Å². The van der Waals surface area contributed by atoms with Crippen LogP contribution in [0.15, 0.2) is 24.3 Å². The van der Waals surface area contributed by atoms with E-state index in [1.54, 1.807) is 0 Å². The molecule has 0 heterocycles. The molecule has 1 rings (SSSR count). The third kappa shape index (κ3) is 2.58. The molecule has 1 nitrogen and oxygen atoms in total. The standard InChI is InChI=1S/C10H11N.ClH/c1-3-9-4-6-10(7-5-9)8(2)11;/h1,4-8H,11H2,2H3;1H/t8-;/m1./s1. The number of hydrogen-bond acceptors (Lipinski definition) is 1. The van der Waals surface area contributed by atoms with Crippen molar-refractivity contribution in [2.45, 2.75) is 13.0 Å². The molecule has 0 aromatic heterocycles. The van der Waals surface area contributed by atoms with E-state index in [4.69, 9.17) is 12.2 Å². The van der Waals surface area contributed by atoms with Crippen molar-refractivity contribution < 1.29 is 0 Å². The number of halogens is 1. The van der Waals surface area contributed by atoms with Gasteiger partial charge in [0.1, 0.15) is 0 Å². The van der Waals surface area contributed by atoms with E-state index >= 15 is 0 Å². The Labute approximate surface area is 79.4 Å². The smallest absolute Gasteiger partial charge is 0.0266 e. The van der Waals surface area contributed by atoms with E-state index in [-0.39, 0.29) is 18.4 Å². The molecule has 0 radical (unpaired) electrons. The van der Waals surface area contributed by atoms with Crippen LogP contribution in [0.2, 0.25) is 0 Å². The molecule has 1 atom stereocenters. The zero-order chi connectivity index (χ0) is 8.27. The van der Waals surface area contributed by atoms with E-state index in [1.165, 1.54) is 0 Å². The van der Waals surface area contributed by atoms with Crippen molar-refractivity contribution in [1.29, 1.82) is 0 Å². The van der Waals surface area contributed by atoms with Gasteiger partial charge in [0.05, 0.1) is 0 Å². The van der Waals surface area contributed by atoms with Gasteiger partial charge < -0.3 is 5.73 Å². The lowest BCUT2D eigenvalue weighted by atomic mass is 10.1. The van der Waals surface area contributed by atoms with Crippen LogP contribution in [-0.4, -0.2) is 0 Å². The highest BCUT2D eigenvalue weighted by Gasteiger charge is 1.96. The SMILES string of the molecule is C#Cc1ccc([C@@H](C)N)cc1.Cl. The Morgan fingerprint density at radius 3 is 2.17 bits per heavy atom. The summed E-state index contributed by atoms with van der Waals surface area (Å²) in [6, 6.07) is 7.80. The maximum absolute atomic E-state index is 5.65. The molecule has 2 N–H and O–H groups in total. The van der Waals surface area contributed by atoms with Crippen molar-refractivity contribution in [3.8, 4) is 12.3 Å². The first-order valence-electron chi connectivity index (χ1n) is 3.56. The van der Waals surface area contributed by atoms with Crippen LogP contribution in [0.25, 0.3) is 0 Å². The van der Waals surface area contributed by atoms with Crippen molar-refractivity contribution in [3.63, 3.8) is 0 Å². The van der Waals surface area contributed by atoms with Gasteiger partial charge in [0, 0.05) is 11.6 Å². The first-order chi connectivity index (χ1) is 5.24. The van der Waals surface area contributed by atoms with Crippen LogP contribution in [0.4, 0.5) is 0 Å². The second-order valence-corrected chi connectivity index (χ2v) is 2.56. The Bertz CT molecular complexity index is 269. The highest BCUT2D eigenvalue weighted by Crippen LogP contribution is 2.09. The Balaban J connectivity index is 0.00000121. The molecule has 0 fully saturated rings. The van der Waals surface area contributed by atoms with E-state index in [0.29, 0.717) is 0 Å². The average Bonchev–Trinajstić information content (AvgIpc) is 2.05. The summed E-state index contributed by atoms with van der Waals surface area (Å²) in [4.78, 5) is 0. The van der Waals surface area contributed by atoms with E-state index in [2.05, 4.69) is 5.92 Å². The summed E-state index contributed by atoms with van der Waals surface area (Å²) in [6.45, 7) is 1.95. The molecule has 1 aromatic carbocycles. The third-order valence-electron chi connectivity index (χ3n) is 1.60. The molecular weight excluding hydrogens is 170 g/mol. The van der Waals surface area contributed by atoms with Crippen LogP contribution < -0.4 is 5.73 Å². The quantitative estimate of drug-likeness (QED) is 0.660. The molecule has 0 saturated carbocycles. The lowest BCUT2D eigenvalue weighted by Gasteiger charge is -2.03. The Morgan fingerprint density at radius 1 is 1.33 bits per heavy atom. The zero-order valence-corrected chi connectivity index (χ0v) is 7.77. The highest BCUT2D eigenvalue weighted by molar-refractivity contribution is 5.85. The normalized spacial score (nSPS) is 11.1. The summed E-state index contributed by atoms with van der Waals surface area (Å²) in [5.41, 5.74) is 7.67. The summed E-state index contributed by atoms with van der Waals surface area (Å²) in [6.07, 6.45) is 5.19. The van der Waals surface area contributed by atoms with Gasteiger partial charge in [0.2, 0.25) is 0 Å². The van der Waals surface area contributed by atoms with Crippen LogP contribution in [-0.2, 0) is 0 Å². The van der Waals surface area contributed by atoms with Gasteiger partial charge >= 0.3 is 0 Å². The second kappa shape index (κ2) is 4.82. The van der Waals surface area contributed by atoms with Gasteiger partial charge in [-0.2, -0.15) is 0 Å². The fraction of sp³-hybridized carbons (Fsp3) is 0.200. The maximum Gasteiger partial charge on any atom is 0.0266 e. The Kier molecular flexibility index (Phi) is 4.43.